The second kappa shape index (κ2) is 4.50. The summed E-state index contributed by atoms with van der Waals surface area (Å²) in [6, 6.07) is 9.96. The largest absolute Gasteiger partial charge is 0.357 e. The molecule has 108 valence electrons. The highest BCUT2D eigenvalue weighted by Gasteiger charge is 2.49. The van der Waals surface area contributed by atoms with E-state index in [9.17, 15) is 4.79 Å². The first-order chi connectivity index (χ1) is 9.79. The van der Waals surface area contributed by atoms with Crippen LogP contribution in [0.3, 0.4) is 0 Å². The van der Waals surface area contributed by atoms with Crippen LogP contribution in [0, 0.1) is 0 Å². The Morgan fingerprint density at radius 3 is 2.52 bits per heavy atom. The standard InChI is InChI=1S/C18H19NO2/c1-17(2)14(16(20)18(3,4)21-17)10-12-7-8-13-6-5-9-19-15(13)11-12/h5-11H,1-4H3/b14-10-. The number of ketones is 1. The molecule has 0 radical (unpaired) electrons. The fraction of sp³-hybridized carbons (Fsp3) is 0.333. The van der Waals surface area contributed by atoms with Crippen LogP contribution in [0.25, 0.3) is 17.0 Å². The van der Waals surface area contributed by atoms with E-state index in [0.29, 0.717) is 5.57 Å². The first kappa shape index (κ1) is 14.0. The van der Waals surface area contributed by atoms with Crippen molar-refractivity contribution in [2.75, 3.05) is 0 Å². The molecular weight excluding hydrogens is 262 g/mol. The molecule has 0 N–H and O–H groups in total. The van der Waals surface area contributed by atoms with Crippen molar-refractivity contribution >= 4 is 22.8 Å². The first-order valence-corrected chi connectivity index (χ1v) is 7.11. The molecule has 1 aromatic carbocycles. The Morgan fingerprint density at radius 2 is 1.86 bits per heavy atom. The summed E-state index contributed by atoms with van der Waals surface area (Å²) in [7, 11) is 0. The molecule has 2 aromatic rings. The lowest BCUT2D eigenvalue weighted by molar-refractivity contribution is -0.132. The van der Waals surface area contributed by atoms with Gasteiger partial charge in [-0.1, -0.05) is 18.2 Å². The van der Waals surface area contributed by atoms with E-state index in [1.165, 1.54) is 0 Å². The lowest BCUT2D eigenvalue weighted by atomic mass is 9.90. The monoisotopic (exact) mass is 281 g/mol. The van der Waals surface area contributed by atoms with Gasteiger partial charge in [-0.2, -0.15) is 0 Å². The van der Waals surface area contributed by atoms with E-state index in [4.69, 9.17) is 4.74 Å². The van der Waals surface area contributed by atoms with Gasteiger partial charge in [0.25, 0.3) is 0 Å². The Kier molecular flexibility index (Phi) is 2.99. The van der Waals surface area contributed by atoms with Gasteiger partial charge in [0, 0.05) is 17.2 Å². The molecule has 3 rings (SSSR count). The molecule has 0 spiro atoms. The first-order valence-electron chi connectivity index (χ1n) is 7.11. The van der Waals surface area contributed by atoms with Crippen molar-refractivity contribution in [1.82, 2.24) is 4.98 Å². The third-order valence-electron chi connectivity index (χ3n) is 3.89. The fourth-order valence-corrected chi connectivity index (χ4v) is 2.92. The number of carbonyl (C=O) groups excluding carboxylic acids is 1. The topological polar surface area (TPSA) is 39.2 Å². The van der Waals surface area contributed by atoms with E-state index in [0.717, 1.165) is 16.5 Å². The molecule has 1 aliphatic rings. The average molecular weight is 281 g/mol. The van der Waals surface area contributed by atoms with E-state index in [1.54, 1.807) is 6.20 Å². The van der Waals surface area contributed by atoms with Gasteiger partial charge in [-0.15, -0.1) is 0 Å². The van der Waals surface area contributed by atoms with Gasteiger partial charge in [-0.05, 0) is 51.5 Å². The van der Waals surface area contributed by atoms with Crippen molar-refractivity contribution in [3.63, 3.8) is 0 Å². The SMILES string of the molecule is CC1(C)OC(C)(C)/C(=C\c2ccc3cccnc3c2)C1=O. The Labute approximate surface area is 124 Å². The number of pyridine rings is 1. The molecule has 2 heterocycles. The number of hydrogen-bond acceptors (Lipinski definition) is 3. The Balaban J connectivity index is 2.09. The molecule has 1 fully saturated rings. The van der Waals surface area contributed by atoms with Crippen LogP contribution in [-0.4, -0.2) is 22.0 Å². The molecule has 3 heteroatoms. The Morgan fingerprint density at radius 1 is 1.10 bits per heavy atom. The van der Waals surface area contributed by atoms with Crippen molar-refractivity contribution < 1.29 is 9.53 Å². The molecule has 0 saturated carbocycles. The maximum Gasteiger partial charge on any atom is 0.192 e. The summed E-state index contributed by atoms with van der Waals surface area (Å²) in [4.78, 5) is 16.9. The van der Waals surface area contributed by atoms with E-state index in [2.05, 4.69) is 4.98 Å². The maximum absolute atomic E-state index is 12.5. The minimum atomic E-state index is -0.759. The molecule has 0 aliphatic carbocycles. The zero-order chi connectivity index (χ0) is 15.3. The summed E-state index contributed by atoms with van der Waals surface area (Å²) in [6.45, 7) is 7.51. The van der Waals surface area contributed by atoms with Crippen LogP contribution in [0.1, 0.15) is 33.3 Å². The molecule has 3 nitrogen and oxygen atoms in total. The van der Waals surface area contributed by atoms with Gasteiger partial charge in [0.15, 0.2) is 5.78 Å². The zero-order valence-electron chi connectivity index (χ0n) is 12.8. The Bertz CT molecular complexity index is 757. The predicted molar refractivity (Wildman–Crippen MR) is 84.0 cm³/mol. The van der Waals surface area contributed by atoms with Gasteiger partial charge < -0.3 is 4.74 Å². The van der Waals surface area contributed by atoms with Crippen molar-refractivity contribution in [3.8, 4) is 0 Å². The van der Waals surface area contributed by atoms with Crippen molar-refractivity contribution in [3.05, 3.63) is 47.7 Å². The lowest BCUT2D eigenvalue weighted by Gasteiger charge is -2.22. The highest BCUT2D eigenvalue weighted by atomic mass is 16.5. The minimum absolute atomic E-state index is 0.0496. The van der Waals surface area contributed by atoms with E-state index in [-0.39, 0.29) is 5.78 Å². The number of benzene rings is 1. The number of nitrogens with zero attached hydrogens (tertiary/aromatic N) is 1. The molecule has 0 bridgehead atoms. The van der Waals surface area contributed by atoms with E-state index in [1.807, 2.05) is 64.1 Å². The summed E-state index contributed by atoms with van der Waals surface area (Å²) < 4.78 is 5.89. The van der Waals surface area contributed by atoms with Crippen LogP contribution >= 0.6 is 0 Å². The van der Waals surface area contributed by atoms with Crippen LogP contribution in [-0.2, 0) is 9.53 Å². The Hall–Kier alpha value is -2.00. The van der Waals surface area contributed by atoms with Crippen LogP contribution < -0.4 is 0 Å². The van der Waals surface area contributed by atoms with Crippen LogP contribution in [0.15, 0.2) is 42.1 Å². The van der Waals surface area contributed by atoms with Gasteiger partial charge in [-0.3, -0.25) is 9.78 Å². The van der Waals surface area contributed by atoms with Crippen molar-refractivity contribution in [1.29, 1.82) is 0 Å². The third kappa shape index (κ3) is 2.38. The van der Waals surface area contributed by atoms with Gasteiger partial charge >= 0.3 is 0 Å². The molecule has 0 unspecified atom stereocenters. The van der Waals surface area contributed by atoms with Gasteiger partial charge in [0.2, 0.25) is 0 Å². The van der Waals surface area contributed by atoms with Gasteiger partial charge in [-0.25, -0.2) is 0 Å². The number of carbonyl (C=O) groups is 1. The number of fused-ring (bicyclic) bond motifs is 1. The second-order valence-electron chi connectivity index (χ2n) is 6.47. The van der Waals surface area contributed by atoms with Crippen LogP contribution in [0.2, 0.25) is 0 Å². The van der Waals surface area contributed by atoms with Crippen molar-refractivity contribution in [2.45, 2.75) is 38.9 Å². The normalized spacial score (nSPS) is 22.1. The van der Waals surface area contributed by atoms with Gasteiger partial charge in [0.1, 0.15) is 5.60 Å². The smallest absolute Gasteiger partial charge is 0.192 e. The average Bonchev–Trinajstić information content (AvgIpc) is 2.57. The summed E-state index contributed by atoms with van der Waals surface area (Å²) in [6.07, 6.45) is 3.70. The molecule has 1 aliphatic heterocycles. The van der Waals surface area contributed by atoms with Gasteiger partial charge in [0.05, 0.1) is 11.1 Å². The zero-order valence-corrected chi connectivity index (χ0v) is 12.8. The molecule has 0 atom stereocenters. The maximum atomic E-state index is 12.5. The molecule has 1 saturated heterocycles. The fourth-order valence-electron chi connectivity index (χ4n) is 2.92. The highest BCUT2D eigenvalue weighted by molar-refractivity contribution is 6.08. The molecule has 0 amide bonds. The number of rotatable bonds is 1. The van der Waals surface area contributed by atoms with Crippen LogP contribution in [0.4, 0.5) is 0 Å². The summed E-state index contributed by atoms with van der Waals surface area (Å²) >= 11 is 0. The predicted octanol–water partition coefficient (Wildman–Crippen LogP) is 3.77. The number of hydrogen-bond donors (Lipinski definition) is 0. The molecule has 1 aromatic heterocycles. The van der Waals surface area contributed by atoms with E-state index < -0.39 is 11.2 Å². The minimum Gasteiger partial charge on any atom is -0.357 e. The second-order valence-corrected chi connectivity index (χ2v) is 6.47. The van der Waals surface area contributed by atoms with Crippen LogP contribution in [0.5, 0.6) is 0 Å². The summed E-state index contributed by atoms with van der Waals surface area (Å²) in [5.74, 6) is 0.0496. The summed E-state index contributed by atoms with van der Waals surface area (Å²) in [5.41, 5.74) is 1.28. The molecule has 21 heavy (non-hydrogen) atoms. The third-order valence-corrected chi connectivity index (χ3v) is 3.89. The number of ether oxygens (including phenoxy) is 1. The van der Waals surface area contributed by atoms with E-state index >= 15 is 0 Å². The highest BCUT2D eigenvalue weighted by Crippen LogP contribution is 2.39. The summed E-state index contributed by atoms with van der Waals surface area (Å²) in [5, 5.41) is 1.09. The molecular formula is C18H19NO2. The lowest BCUT2D eigenvalue weighted by Crippen LogP contribution is -2.29. The quantitative estimate of drug-likeness (QED) is 0.747. The van der Waals surface area contributed by atoms with Crippen molar-refractivity contribution in [2.24, 2.45) is 0 Å². The number of Topliss-reactive ketones (excluding diaryl/α,β-unsaturated/α-hetero) is 1. The number of aromatic nitrogens is 1.